The first-order chi connectivity index (χ1) is 9.70. The molecule has 2 aromatic rings. The Morgan fingerprint density at radius 3 is 2.90 bits per heavy atom. The lowest BCUT2D eigenvalue weighted by molar-refractivity contribution is 0.480. The summed E-state index contributed by atoms with van der Waals surface area (Å²) >= 11 is 5.89. The second-order valence-electron chi connectivity index (χ2n) is 5.19. The Hall–Kier alpha value is -1.59. The molecule has 1 aromatic carbocycles. The molecule has 1 unspecified atom stereocenters. The van der Waals surface area contributed by atoms with Crippen molar-refractivity contribution in [3.63, 3.8) is 0 Å². The molecule has 0 spiro atoms. The number of rotatable bonds is 3. The Kier molecular flexibility index (Phi) is 3.89. The van der Waals surface area contributed by atoms with Crippen molar-refractivity contribution >= 4 is 17.5 Å². The van der Waals surface area contributed by atoms with Crippen LogP contribution in [0.5, 0.6) is 0 Å². The lowest BCUT2D eigenvalue weighted by Gasteiger charge is -2.30. The highest BCUT2D eigenvalue weighted by molar-refractivity contribution is 6.30. The van der Waals surface area contributed by atoms with Gasteiger partial charge in [-0.25, -0.2) is 0 Å². The number of hydrogen-bond donors (Lipinski definition) is 2. The molecule has 0 aliphatic carbocycles. The minimum Gasteiger partial charge on any atom is -0.337 e. The highest BCUT2D eigenvalue weighted by Crippen LogP contribution is 2.14. The van der Waals surface area contributed by atoms with Gasteiger partial charge in [-0.05, 0) is 24.6 Å². The van der Waals surface area contributed by atoms with Crippen molar-refractivity contribution in [3.8, 4) is 0 Å². The Morgan fingerprint density at radius 2 is 2.15 bits per heavy atom. The summed E-state index contributed by atoms with van der Waals surface area (Å²) in [5.74, 6) is 1.68. The predicted molar refractivity (Wildman–Crippen MR) is 80.3 cm³/mol. The fourth-order valence-corrected chi connectivity index (χ4v) is 2.54. The van der Waals surface area contributed by atoms with Crippen molar-refractivity contribution in [2.75, 3.05) is 24.5 Å². The van der Waals surface area contributed by atoms with E-state index in [0.29, 0.717) is 6.04 Å². The SMILES string of the molecule is CC1CN(c2n[nH]c(Cc3ccc(Cl)cc3)n2)CCN1. The first-order valence-corrected chi connectivity index (χ1v) is 7.22. The van der Waals surface area contributed by atoms with E-state index < -0.39 is 0 Å². The van der Waals surface area contributed by atoms with Gasteiger partial charge in [0.15, 0.2) is 0 Å². The number of benzene rings is 1. The number of aromatic nitrogens is 3. The van der Waals surface area contributed by atoms with E-state index in [-0.39, 0.29) is 0 Å². The van der Waals surface area contributed by atoms with E-state index in [9.17, 15) is 0 Å². The predicted octanol–water partition coefficient (Wildman–Crippen LogP) is 1.85. The molecule has 0 amide bonds. The van der Waals surface area contributed by atoms with Crippen molar-refractivity contribution in [3.05, 3.63) is 40.7 Å². The standard InChI is InChI=1S/C14H18ClN5/c1-10-9-20(7-6-16-10)14-17-13(18-19-14)8-11-2-4-12(15)5-3-11/h2-5,10,16H,6-9H2,1H3,(H,17,18,19). The highest BCUT2D eigenvalue weighted by Gasteiger charge is 2.19. The summed E-state index contributed by atoms with van der Waals surface area (Å²) in [5.41, 5.74) is 1.17. The third-order valence-corrected chi connectivity index (χ3v) is 3.71. The van der Waals surface area contributed by atoms with E-state index >= 15 is 0 Å². The van der Waals surface area contributed by atoms with Gasteiger partial charge >= 0.3 is 0 Å². The molecule has 3 rings (SSSR count). The van der Waals surface area contributed by atoms with Crippen LogP contribution in [0.25, 0.3) is 0 Å². The zero-order valence-corrected chi connectivity index (χ0v) is 12.2. The first kappa shape index (κ1) is 13.4. The molecule has 106 valence electrons. The number of nitrogens with zero attached hydrogens (tertiary/aromatic N) is 3. The quantitative estimate of drug-likeness (QED) is 0.906. The molecule has 5 nitrogen and oxygen atoms in total. The monoisotopic (exact) mass is 291 g/mol. The Morgan fingerprint density at radius 1 is 1.35 bits per heavy atom. The van der Waals surface area contributed by atoms with Crippen molar-refractivity contribution in [1.29, 1.82) is 0 Å². The second-order valence-corrected chi connectivity index (χ2v) is 5.62. The molecule has 1 atom stereocenters. The van der Waals surface area contributed by atoms with Crippen LogP contribution in [0.15, 0.2) is 24.3 Å². The maximum absolute atomic E-state index is 5.89. The molecule has 1 aliphatic heterocycles. The zero-order chi connectivity index (χ0) is 13.9. The van der Waals surface area contributed by atoms with Gasteiger partial charge in [0, 0.05) is 37.1 Å². The first-order valence-electron chi connectivity index (χ1n) is 6.85. The zero-order valence-electron chi connectivity index (χ0n) is 11.4. The molecule has 0 bridgehead atoms. The van der Waals surface area contributed by atoms with Gasteiger partial charge in [-0.15, -0.1) is 5.10 Å². The van der Waals surface area contributed by atoms with E-state index in [1.807, 2.05) is 24.3 Å². The Bertz CT molecular complexity index is 565. The fourth-order valence-electron chi connectivity index (χ4n) is 2.42. The van der Waals surface area contributed by atoms with Crippen LogP contribution < -0.4 is 10.2 Å². The number of hydrogen-bond acceptors (Lipinski definition) is 4. The van der Waals surface area contributed by atoms with Crippen LogP contribution in [-0.2, 0) is 6.42 Å². The van der Waals surface area contributed by atoms with Gasteiger partial charge in [0.2, 0.25) is 5.95 Å². The van der Waals surface area contributed by atoms with Crippen molar-refractivity contribution in [2.24, 2.45) is 0 Å². The summed E-state index contributed by atoms with van der Waals surface area (Å²) in [6.07, 6.45) is 0.742. The number of nitrogens with one attached hydrogen (secondary N) is 2. The molecule has 0 radical (unpaired) electrons. The second kappa shape index (κ2) is 5.81. The van der Waals surface area contributed by atoms with Gasteiger partial charge in [-0.2, -0.15) is 4.98 Å². The van der Waals surface area contributed by atoms with Crippen LogP contribution in [0.2, 0.25) is 5.02 Å². The third-order valence-electron chi connectivity index (χ3n) is 3.46. The van der Waals surface area contributed by atoms with Gasteiger partial charge in [-0.3, -0.25) is 5.10 Å². The molecule has 6 heteroatoms. The Labute approximate surface area is 123 Å². The topological polar surface area (TPSA) is 56.8 Å². The minimum absolute atomic E-state index is 0.474. The van der Waals surface area contributed by atoms with Crippen LogP contribution in [-0.4, -0.2) is 40.9 Å². The van der Waals surface area contributed by atoms with Gasteiger partial charge in [0.25, 0.3) is 0 Å². The normalized spacial score (nSPS) is 19.3. The molecule has 2 N–H and O–H groups in total. The van der Waals surface area contributed by atoms with Crippen LogP contribution in [0.1, 0.15) is 18.3 Å². The van der Waals surface area contributed by atoms with E-state index in [1.165, 1.54) is 5.56 Å². The summed E-state index contributed by atoms with van der Waals surface area (Å²) in [6.45, 7) is 5.04. The van der Waals surface area contributed by atoms with Gasteiger partial charge < -0.3 is 10.2 Å². The maximum atomic E-state index is 5.89. The summed E-state index contributed by atoms with van der Waals surface area (Å²) < 4.78 is 0. The molecule has 2 heterocycles. The summed E-state index contributed by atoms with van der Waals surface area (Å²) in [6, 6.07) is 8.29. The van der Waals surface area contributed by atoms with E-state index in [2.05, 4.69) is 32.3 Å². The molecular weight excluding hydrogens is 274 g/mol. The fraction of sp³-hybridized carbons (Fsp3) is 0.429. The molecule has 1 fully saturated rings. The summed E-state index contributed by atoms with van der Waals surface area (Å²) in [5, 5.41) is 11.5. The van der Waals surface area contributed by atoms with Gasteiger partial charge in [0.1, 0.15) is 5.82 Å². The lowest BCUT2D eigenvalue weighted by atomic mass is 10.1. The minimum atomic E-state index is 0.474. The smallest absolute Gasteiger partial charge is 0.244 e. The number of halogens is 1. The highest BCUT2D eigenvalue weighted by atomic mass is 35.5. The molecule has 0 saturated carbocycles. The molecule has 1 aromatic heterocycles. The van der Waals surface area contributed by atoms with Crippen LogP contribution in [0.4, 0.5) is 5.95 Å². The van der Waals surface area contributed by atoms with E-state index in [4.69, 9.17) is 11.6 Å². The van der Waals surface area contributed by atoms with Gasteiger partial charge in [-0.1, -0.05) is 23.7 Å². The van der Waals surface area contributed by atoms with Crippen molar-refractivity contribution in [2.45, 2.75) is 19.4 Å². The number of piperazine rings is 1. The molecule has 1 saturated heterocycles. The number of aromatic amines is 1. The Balaban J connectivity index is 1.68. The van der Waals surface area contributed by atoms with Crippen LogP contribution in [0.3, 0.4) is 0 Å². The van der Waals surface area contributed by atoms with Gasteiger partial charge in [0.05, 0.1) is 0 Å². The van der Waals surface area contributed by atoms with Crippen LogP contribution >= 0.6 is 11.6 Å². The molecule has 20 heavy (non-hydrogen) atoms. The summed E-state index contributed by atoms with van der Waals surface area (Å²) in [4.78, 5) is 6.80. The van der Waals surface area contributed by atoms with Crippen LogP contribution in [0, 0.1) is 0 Å². The van der Waals surface area contributed by atoms with E-state index in [1.54, 1.807) is 0 Å². The largest absolute Gasteiger partial charge is 0.337 e. The summed E-state index contributed by atoms with van der Waals surface area (Å²) in [7, 11) is 0. The number of anilines is 1. The lowest BCUT2D eigenvalue weighted by Crippen LogP contribution is -2.49. The van der Waals surface area contributed by atoms with E-state index in [0.717, 1.165) is 42.9 Å². The molecular formula is C14H18ClN5. The maximum Gasteiger partial charge on any atom is 0.244 e. The van der Waals surface area contributed by atoms with Crippen molar-refractivity contribution < 1.29 is 0 Å². The average molecular weight is 292 g/mol. The third kappa shape index (κ3) is 3.11. The van der Waals surface area contributed by atoms with Crippen molar-refractivity contribution in [1.82, 2.24) is 20.5 Å². The molecule has 1 aliphatic rings. The average Bonchev–Trinajstić information content (AvgIpc) is 2.90. The number of H-pyrrole nitrogens is 1.